The Kier molecular flexibility index (Phi) is 6.81. The van der Waals surface area contributed by atoms with Gasteiger partial charge >= 0.3 is 12.1 Å². The molecular formula is C26H25NO4S. The molecule has 1 aliphatic rings. The molecule has 2 atom stereocenters. The van der Waals surface area contributed by atoms with Gasteiger partial charge in [-0.2, -0.15) is 11.8 Å². The van der Waals surface area contributed by atoms with E-state index in [0.717, 1.165) is 27.8 Å². The fourth-order valence-corrected chi connectivity index (χ4v) is 5.07. The van der Waals surface area contributed by atoms with Crippen molar-refractivity contribution in [2.45, 2.75) is 29.9 Å². The summed E-state index contributed by atoms with van der Waals surface area (Å²) in [5, 5.41) is 11.9. The maximum atomic E-state index is 12.5. The number of thioether (sulfide) groups is 1. The lowest BCUT2D eigenvalue weighted by Gasteiger charge is -2.22. The van der Waals surface area contributed by atoms with E-state index < -0.39 is 18.1 Å². The second-order valence-electron chi connectivity index (χ2n) is 7.79. The molecule has 1 amide bonds. The van der Waals surface area contributed by atoms with Crippen LogP contribution in [-0.2, 0) is 15.3 Å². The molecule has 0 fully saturated rings. The van der Waals surface area contributed by atoms with Crippen LogP contribution in [0.1, 0.15) is 29.5 Å². The average molecular weight is 448 g/mol. The lowest BCUT2D eigenvalue weighted by Crippen LogP contribution is -2.47. The molecule has 1 aliphatic carbocycles. The molecule has 0 radical (unpaired) electrons. The molecule has 4 rings (SSSR count). The Bertz CT molecular complexity index is 1060. The summed E-state index contributed by atoms with van der Waals surface area (Å²) in [6, 6.07) is 25.0. The number of alkyl carbamates (subject to hydrolysis) is 1. The largest absolute Gasteiger partial charge is 0.480 e. The molecule has 164 valence electrons. The summed E-state index contributed by atoms with van der Waals surface area (Å²) >= 11 is 1.48. The Balaban J connectivity index is 1.37. The van der Waals surface area contributed by atoms with Crippen molar-refractivity contribution in [2.75, 3.05) is 6.61 Å². The van der Waals surface area contributed by atoms with Crippen LogP contribution in [-0.4, -0.2) is 35.1 Å². The van der Waals surface area contributed by atoms with Gasteiger partial charge in [-0.15, -0.1) is 0 Å². The first-order chi connectivity index (χ1) is 15.5. The molecule has 0 aromatic heterocycles. The standard InChI is InChI=1S/C26H25NO4S/c1-17(32-16-18-9-3-2-4-10-18)24(25(28)29)27-26(30)31-15-23-21-13-7-5-11-19(21)20-12-6-8-14-22(20)23/h2-14,17,23-24H,15-16H2,1H3,(H,27,30)(H,28,29)/t17-,24+/m1/s1. The summed E-state index contributed by atoms with van der Waals surface area (Å²) in [7, 11) is 0. The summed E-state index contributed by atoms with van der Waals surface area (Å²) in [5.41, 5.74) is 5.62. The first kappa shape index (κ1) is 22.0. The fourth-order valence-electron chi connectivity index (χ4n) is 4.05. The Hall–Kier alpha value is -3.25. The Labute approximate surface area is 191 Å². The van der Waals surface area contributed by atoms with Crippen molar-refractivity contribution in [3.63, 3.8) is 0 Å². The van der Waals surface area contributed by atoms with Gasteiger partial charge in [0.25, 0.3) is 0 Å². The van der Waals surface area contributed by atoms with Crippen LogP contribution in [0.15, 0.2) is 78.9 Å². The summed E-state index contributed by atoms with van der Waals surface area (Å²) in [5.74, 6) is -0.481. The first-order valence-electron chi connectivity index (χ1n) is 10.5. The number of nitrogens with one attached hydrogen (secondary N) is 1. The highest BCUT2D eigenvalue weighted by Gasteiger charge is 2.31. The molecule has 5 nitrogen and oxygen atoms in total. The number of aliphatic carboxylic acids is 1. The number of fused-ring (bicyclic) bond motifs is 3. The maximum Gasteiger partial charge on any atom is 0.407 e. The Morgan fingerprint density at radius 2 is 1.50 bits per heavy atom. The maximum absolute atomic E-state index is 12.5. The fraction of sp³-hybridized carbons (Fsp3) is 0.231. The normalized spacial score (nSPS) is 14.2. The van der Waals surface area contributed by atoms with Crippen molar-refractivity contribution in [3.8, 4) is 11.1 Å². The highest BCUT2D eigenvalue weighted by molar-refractivity contribution is 7.99. The molecule has 2 N–H and O–H groups in total. The van der Waals surface area contributed by atoms with Crippen LogP contribution < -0.4 is 5.32 Å². The number of rotatable bonds is 8. The number of carboxylic acid groups (broad SMARTS) is 1. The second kappa shape index (κ2) is 9.92. The third-order valence-corrected chi connectivity index (χ3v) is 7.01. The molecule has 3 aromatic rings. The number of benzene rings is 3. The third-order valence-electron chi connectivity index (χ3n) is 5.71. The summed E-state index contributed by atoms with van der Waals surface area (Å²) in [6.07, 6.45) is -0.716. The highest BCUT2D eigenvalue weighted by atomic mass is 32.2. The van der Waals surface area contributed by atoms with Crippen molar-refractivity contribution in [2.24, 2.45) is 0 Å². The van der Waals surface area contributed by atoms with E-state index in [1.165, 1.54) is 11.8 Å². The van der Waals surface area contributed by atoms with Gasteiger partial charge in [-0.1, -0.05) is 85.8 Å². The van der Waals surface area contributed by atoms with Gasteiger partial charge in [0, 0.05) is 16.9 Å². The molecule has 32 heavy (non-hydrogen) atoms. The van der Waals surface area contributed by atoms with Gasteiger partial charge in [-0.05, 0) is 27.8 Å². The first-order valence-corrected chi connectivity index (χ1v) is 11.6. The number of amides is 1. The minimum atomic E-state index is -1.08. The number of hydrogen-bond donors (Lipinski definition) is 2. The van der Waals surface area contributed by atoms with Gasteiger partial charge in [0.15, 0.2) is 0 Å². The van der Waals surface area contributed by atoms with Crippen molar-refractivity contribution in [1.29, 1.82) is 0 Å². The number of ether oxygens (including phenoxy) is 1. The highest BCUT2D eigenvalue weighted by Crippen LogP contribution is 2.44. The van der Waals surface area contributed by atoms with Crippen molar-refractivity contribution in [1.82, 2.24) is 5.32 Å². The number of carbonyl (C=O) groups excluding carboxylic acids is 1. The van der Waals surface area contributed by atoms with Gasteiger partial charge < -0.3 is 15.2 Å². The van der Waals surface area contributed by atoms with Crippen molar-refractivity contribution < 1.29 is 19.4 Å². The van der Waals surface area contributed by atoms with E-state index in [9.17, 15) is 14.7 Å². The SMILES string of the molecule is C[C@@H](SCc1ccccc1)[C@H](NC(=O)OCC1c2ccccc2-c2ccccc21)C(=O)O. The minimum absolute atomic E-state index is 0.0682. The molecule has 0 saturated carbocycles. The number of carboxylic acids is 1. The van der Waals surface area contributed by atoms with Crippen LogP contribution in [0.2, 0.25) is 0 Å². The lowest BCUT2D eigenvalue weighted by molar-refractivity contribution is -0.139. The molecule has 0 saturated heterocycles. The molecule has 0 bridgehead atoms. The summed E-state index contributed by atoms with van der Waals surface area (Å²) < 4.78 is 5.51. The van der Waals surface area contributed by atoms with E-state index in [-0.39, 0.29) is 17.8 Å². The zero-order chi connectivity index (χ0) is 22.5. The van der Waals surface area contributed by atoms with Crippen LogP contribution in [0, 0.1) is 0 Å². The molecule has 3 aromatic carbocycles. The van der Waals surface area contributed by atoms with Crippen LogP contribution >= 0.6 is 11.8 Å². The summed E-state index contributed by atoms with van der Waals surface area (Å²) in [6.45, 7) is 1.95. The zero-order valence-corrected chi connectivity index (χ0v) is 18.5. The second-order valence-corrected chi connectivity index (χ2v) is 9.15. The lowest BCUT2D eigenvalue weighted by atomic mass is 9.98. The van der Waals surface area contributed by atoms with Gasteiger partial charge in [0.1, 0.15) is 12.6 Å². The van der Waals surface area contributed by atoms with Crippen LogP contribution in [0.5, 0.6) is 0 Å². The van der Waals surface area contributed by atoms with Gasteiger partial charge in [0.2, 0.25) is 0 Å². The smallest absolute Gasteiger partial charge is 0.407 e. The molecule has 0 heterocycles. The topological polar surface area (TPSA) is 75.6 Å². The van der Waals surface area contributed by atoms with E-state index in [2.05, 4.69) is 17.4 Å². The quantitative estimate of drug-likeness (QED) is 0.490. The summed E-state index contributed by atoms with van der Waals surface area (Å²) in [4.78, 5) is 24.3. The Morgan fingerprint density at radius 3 is 2.09 bits per heavy atom. The van der Waals surface area contributed by atoms with Gasteiger partial charge in [-0.3, -0.25) is 0 Å². The predicted molar refractivity (Wildman–Crippen MR) is 127 cm³/mol. The monoisotopic (exact) mass is 447 g/mol. The third kappa shape index (κ3) is 4.81. The van der Waals surface area contributed by atoms with Crippen molar-refractivity contribution in [3.05, 3.63) is 95.6 Å². The predicted octanol–water partition coefficient (Wildman–Crippen LogP) is 5.30. The van der Waals surface area contributed by atoms with E-state index in [1.807, 2.05) is 66.7 Å². The van der Waals surface area contributed by atoms with Crippen LogP contribution in [0.3, 0.4) is 0 Å². The van der Waals surface area contributed by atoms with Crippen LogP contribution in [0.25, 0.3) is 11.1 Å². The molecular weight excluding hydrogens is 422 g/mol. The average Bonchev–Trinajstić information content (AvgIpc) is 3.14. The zero-order valence-electron chi connectivity index (χ0n) is 17.7. The van der Waals surface area contributed by atoms with E-state index in [1.54, 1.807) is 6.92 Å². The minimum Gasteiger partial charge on any atom is -0.480 e. The molecule has 0 unspecified atom stereocenters. The van der Waals surface area contributed by atoms with Crippen LogP contribution in [0.4, 0.5) is 4.79 Å². The van der Waals surface area contributed by atoms with E-state index in [0.29, 0.717) is 5.75 Å². The van der Waals surface area contributed by atoms with Gasteiger partial charge in [0.05, 0.1) is 0 Å². The van der Waals surface area contributed by atoms with Gasteiger partial charge in [-0.25, -0.2) is 9.59 Å². The number of hydrogen-bond acceptors (Lipinski definition) is 4. The van der Waals surface area contributed by atoms with E-state index in [4.69, 9.17) is 4.74 Å². The molecule has 0 aliphatic heterocycles. The number of carbonyl (C=O) groups is 2. The Morgan fingerprint density at radius 1 is 0.938 bits per heavy atom. The molecule has 0 spiro atoms. The van der Waals surface area contributed by atoms with Crippen molar-refractivity contribution >= 4 is 23.8 Å². The molecule has 6 heteroatoms. The van der Waals surface area contributed by atoms with E-state index >= 15 is 0 Å².